The molecule has 1 heterocycles. The Labute approximate surface area is 139 Å². The van der Waals surface area contributed by atoms with Crippen LogP contribution in [0.15, 0.2) is 72.3 Å². The summed E-state index contributed by atoms with van der Waals surface area (Å²) >= 11 is 1.79. The molecule has 1 nitrogen and oxygen atoms in total. The number of ether oxygens (including phenoxy) is 1. The number of methoxy groups -OCH3 is 1. The predicted molar refractivity (Wildman–Crippen MR) is 101 cm³/mol. The van der Waals surface area contributed by atoms with E-state index in [-0.39, 0.29) is 0 Å². The molecule has 0 unspecified atom stereocenters. The summed E-state index contributed by atoms with van der Waals surface area (Å²) in [6, 6.07) is 21.5. The minimum atomic E-state index is 1.18. The molecule has 0 amide bonds. The maximum atomic E-state index is 5.14. The molecular formula is C21H16OS. The van der Waals surface area contributed by atoms with E-state index in [0.29, 0.717) is 0 Å². The lowest BCUT2D eigenvalue weighted by molar-refractivity contribution is 0.341. The van der Waals surface area contributed by atoms with Crippen molar-refractivity contribution >= 4 is 38.3 Å². The third-order valence-corrected chi connectivity index (χ3v) is 5.06. The normalized spacial score (nSPS) is 11.5. The molecule has 0 radical (unpaired) electrons. The Bertz CT molecular complexity index is 1010. The maximum absolute atomic E-state index is 5.14. The van der Waals surface area contributed by atoms with Crippen LogP contribution in [0.1, 0.15) is 5.56 Å². The van der Waals surface area contributed by atoms with Crippen molar-refractivity contribution in [3.05, 3.63) is 77.9 Å². The van der Waals surface area contributed by atoms with Crippen LogP contribution in [0, 0.1) is 0 Å². The first-order chi connectivity index (χ1) is 11.4. The van der Waals surface area contributed by atoms with Crippen LogP contribution in [-0.2, 0) is 4.74 Å². The Hall–Kier alpha value is -2.58. The minimum Gasteiger partial charge on any atom is -0.504 e. The summed E-state index contributed by atoms with van der Waals surface area (Å²) in [6.07, 6.45) is 3.77. The molecule has 0 bridgehead atoms. The summed E-state index contributed by atoms with van der Waals surface area (Å²) in [5.74, 6) is 0. The fourth-order valence-corrected chi connectivity index (χ4v) is 3.99. The van der Waals surface area contributed by atoms with E-state index >= 15 is 0 Å². The van der Waals surface area contributed by atoms with E-state index in [4.69, 9.17) is 4.74 Å². The highest BCUT2D eigenvalue weighted by atomic mass is 32.1. The zero-order chi connectivity index (χ0) is 15.6. The van der Waals surface area contributed by atoms with E-state index in [2.05, 4.69) is 66.0 Å². The predicted octanol–water partition coefficient (Wildman–Crippen LogP) is 6.34. The van der Waals surface area contributed by atoms with Crippen LogP contribution in [-0.4, -0.2) is 7.11 Å². The average molecular weight is 316 g/mol. The number of fused-ring (bicyclic) bond motifs is 2. The van der Waals surface area contributed by atoms with Gasteiger partial charge in [0, 0.05) is 15.6 Å². The van der Waals surface area contributed by atoms with Crippen molar-refractivity contribution in [1.82, 2.24) is 0 Å². The lowest BCUT2D eigenvalue weighted by Gasteiger charge is -2.10. The Morgan fingerprint density at radius 2 is 1.65 bits per heavy atom. The first kappa shape index (κ1) is 14.0. The van der Waals surface area contributed by atoms with Crippen LogP contribution in [0.5, 0.6) is 0 Å². The molecule has 0 aliphatic heterocycles. The third kappa shape index (κ3) is 2.41. The lowest BCUT2D eigenvalue weighted by atomic mass is 9.93. The highest BCUT2D eigenvalue weighted by molar-refractivity contribution is 7.17. The summed E-state index contributed by atoms with van der Waals surface area (Å²) in [4.78, 5) is 0. The van der Waals surface area contributed by atoms with Gasteiger partial charge in [-0.2, -0.15) is 0 Å². The standard InChI is InChI=1S/C21H16OS/c1-22-13-12-16-11-10-15-6-2-3-7-17(15)21(16)19-14-23-20-9-5-4-8-18(19)20/h2-14H,1H3. The van der Waals surface area contributed by atoms with Gasteiger partial charge in [0.2, 0.25) is 0 Å². The molecule has 0 saturated carbocycles. The van der Waals surface area contributed by atoms with Gasteiger partial charge in [0.1, 0.15) is 0 Å². The fraction of sp³-hybridized carbons (Fsp3) is 0.0476. The van der Waals surface area contributed by atoms with Gasteiger partial charge in [-0.1, -0.05) is 54.6 Å². The lowest BCUT2D eigenvalue weighted by Crippen LogP contribution is -1.86. The molecular weight excluding hydrogens is 300 g/mol. The van der Waals surface area contributed by atoms with Crippen molar-refractivity contribution in [2.75, 3.05) is 7.11 Å². The van der Waals surface area contributed by atoms with E-state index in [9.17, 15) is 0 Å². The number of hydrogen-bond donors (Lipinski definition) is 0. The van der Waals surface area contributed by atoms with Crippen LogP contribution in [0.4, 0.5) is 0 Å². The van der Waals surface area contributed by atoms with E-state index in [1.807, 2.05) is 6.08 Å². The van der Waals surface area contributed by atoms with Gasteiger partial charge in [0.25, 0.3) is 0 Å². The molecule has 0 fully saturated rings. The maximum Gasteiger partial charge on any atom is 0.0830 e. The minimum absolute atomic E-state index is 1.18. The van der Waals surface area contributed by atoms with Gasteiger partial charge in [-0.25, -0.2) is 0 Å². The van der Waals surface area contributed by atoms with Crippen LogP contribution in [0.2, 0.25) is 0 Å². The molecule has 0 saturated heterocycles. The van der Waals surface area contributed by atoms with E-state index in [0.717, 1.165) is 0 Å². The topological polar surface area (TPSA) is 9.23 Å². The van der Waals surface area contributed by atoms with Crippen molar-refractivity contribution in [2.24, 2.45) is 0 Å². The summed E-state index contributed by atoms with van der Waals surface area (Å²) in [7, 11) is 1.68. The van der Waals surface area contributed by atoms with Gasteiger partial charge in [-0.3, -0.25) is 0 Å². The largest absolute Gasteiger partial charge is 0.504 e. The molecule has 112 valence electrons. The SMILES string of the molecule is COC=Cc1ccc2ccccc2c1-c1csc2ccccc12. The summed E-state index contributed by atoms with van der Waals surface area (Å²) in [5.41, 5.74) is 3.74. The van der Waals surface area contributed by atoms with Crippen LogP contribution >= 0.6 is 11.3 Å². The highest BCUT2D eigenvalue weighted by Crippen LogP contribution is 2.40. The zero-order valence-corrected chi connectivity index (χ0v) is 13.6. The number of benzene rings is 3. The molecule has 0 spiro atoms. The third-order valence-electron chi connectivity index (χ3n) is 4.10. The molecule has 0 N–H and O–H groups in total. The van der Waals surface area contributed by atoms with Crippen LogP contribution in [0.25, 0.3) is 38.1 Å². The molecule has 4 rings (SSSR count). The van der Waals surface area contributed by atoms with Crippen molar-refractivity contribution in [3.63, 3.8) is 0 Å². The first-order valence-electron chi connectivity index (χ1n) is 7.56. The summed E-state index contributed by atoms with van der Waals surface area (Å²) in [5, 5.41) is 6.10. The van der Waals surface area contributed by atoms with Crippen molar-refractivity contribution in [1.29, 1.82) is 0 Å². The smallest absolute Gasteiger partial charge is 0.0830 e. The molecule has 3 aromatic carbocycles. The van der Waals surface area contributed by atoms with Gasteiger partial charge in [0.15, 0.2) is 0 Å². The molecule has 2 heteroatoms. The fourth-order valence-electron chi connectivity index (χ4n) is 3.04. The number of thiophene rings is 1. The Balaban J connectivity index is 2.09. The summed E-state index contributed by atoms with van der Waals surface area (Å²) < 4.78 is 6.46. The molecule has 0 aliphatic rings. The molecule has 0 aliphatic carbocycles. The molecule has 4 aromatic rings. The van der Waals surface area contributed by atoms with Crippen molar-refractivity contribution < 1.29 is 4.74 Å². The second-order valence-electron chi connectivity index (χ2n) is 5.43. The Morgan fingerprint density at radius 3 is 2.52 bits per heavy atom. The van der Waals surface area contributed by atoms with Crippen LogP contribution in [0.3, 0.4) is 0 Å². The van der Waals surface area contributed by atoms with Gasteiger partial charge < -0.3 is 4.74 Å². The van der Waals surface area contributed by atoms with Crippen LogP contribution < -0.4 is 0 Å². The van der Waals surface area contributed by atoms with Gasteiger partial charge in [-0.15, -0.1) is 11.3 Å². The molecule has 1 aromatic heterocycles. The average Bonchev–Trinajstić information content (AvgIpc) is 3.03. The Kier molecular flexibility index (Phi) is 3.60. The molecule has 0 atom stereocenters. The number of rotatable bonds is 3. The molecule has 23 heavy (non-hydrogen) atoms. The van der Waals surface area contributed by atoms with E-state index in [1.165, 1.54) is 37.5 Å². The van der Waals surface area contributed by atoms with Gasteiger partial charge in [0.05, 0.1) is 13.4 Å². The summed E-state index contributed by atoms with van der Waals surface area (Å²) in [6.45, 7) is 0. The van der Waals surface area contributed by atoms with E-state index < -0.39 is 0 Å². The highest BCUT2D eigenvalue weighted by Gasteiger charge is 2.12. The second-order valence-corrected chi connectivity index (χ2v) is 6.35. The van der Waals surface area contributed by atoms with Crippen molar-refractivity contribution in [3.8, 4) is 11.1 Å². The first-order valence-corrected chi connectivity index (χ1v) is 8.44. The van der Waals surface area contributed by atoms with E-state index in [1.54, 1.807) is 24.7 Å². The van der Waals surface area contributed by atoms with Crippen molar-refractivity contribution in [2.45, 2.75) is 0 Å². The monoisotopic (exact) mass is 316 g/mol. The quantitative estimate of drug-likeness (QED) is 0.401. The van der Waals surface area contributed by atoms with Gasteiger partial charge >= 0.3 is 0 Å². The Morgan fingerprint density at radius 1 is 0.870 bits per heavy atom. The number of hydrogen-bond acceptors (Lipinski definition) is 2. The zero-order valence-electron chi connectivity index (χ0n) is 12.8. The second kappa shape index (κ2) is 5.90. The van der Waals surface area contributed by atoms with Gasteiger partial charge in [-0.05, 0) is 39.4 Å².